The van der Waals surface area contributed by atoms with Crippen LogP contribution in [0.4, 0.5) is 11.4 Å². The van der Waals surface area contributed by atoms with Gasteiger partial charge in [0.05, 0.1) is 0 Å². The Morgan fingerprint density at radius 3 is 2.31 bits per heavy atom. The molecule has 6 nitrogen and oxygen atoms in total. The Morgan fingerprint density at radius 1 is 1.00 bits per heavy atom. The minimum atomic E-state index is -0.621. The van der Waals surface area contributed by atoms with Crippen LogP contribution in [0.2, 0.25) is 0 Å². The van der Waals surface area contributed by atoms with Crippen LogP contribution in [0, 0.1) is 19.8 Å². The van der Waals surface area contributed by atoms with Crippen molar-refractivity contribution in [3.05, 3.63) is 59.2 Å². The lowest BCUT2D eigenvalue weighted by Crippen LogP contribution is -2.47. The molecule has 3 rings (SSSR count). The monoisotopic (exact) mass is 436 g/mol. The standard InChI is InChI=1S/C26H36N4O2/c1-6-29-12-14-30(15-13-29)22-10-11-23(20(5)17-22)27-26(32)24(18(2)3)28-25(31)21-9-7-8-19(4)16-21/h7-11,16-18,24H,6,12-15H2,1-5H3,(H,27,32)(H,28,31). The summed E-state index contributed by atoms with van der Waals surface area (Å²) in [5, 5.41) is 5.93. The minimum absolute atomic E-state index is 0.0433. The number of hydrogen-bond acceptors (Lipinski definition) is 4. The van der Waals surface area contributed by atoms with E-state index < -0.39 is 6.04 Å². The Hall–Kier alpha value is -2.86. The van der Waals surface area contributed by atoms with E-state index in [0.717, 1.165) is 49.5 Å². The van der Waals surface area contributed by atoms with Crippen molar-refractivity contribution in [2.75, 3.05) is 42.9 Å². The number of nitrogens with zero attached hydrogens (tertiary/aromatic N) is 2. The third-order valence-electron chi connectivity index (χ3n) is 6.17. The van der Waals surface area contributed by atoms with Crippen molar-refractivity contribution in [3.63, 3.8) is 0 Å². The predicted molar refractivity (Wildman–Crippen MR) is 131 cm³/mol. The SMILES string of the molecule is CCN1CCN(c2ccc(NC(=O)C(NC(=O)c3cccc(C)c3)C(C)C)c(C)c2)CC1. The van der Waals surface area contributed by atoms with E-state index in [1.165, 1.54) is 5.69 Å². The quantitative estimate of drug-likeness (QED) is 0.692. The number of amides is 2. The number of nitrogens with one attached hydrogen (secondary N) is 2. The molecule has 0 radical (unpaired) electrons. The lowest BCUT2D eigenvalue weighted by Gasteiger charge is -2.35. The number of piperazine rings is 1. The molecule has 0 bridgehead atoms. The van der Waals surface area contributed by atoms with Gasteiger partial charge in [0.25, 0.3) is 5.91 Å². The van der Waals surface area contributed by atoms with Gasteiger partial charge in [0.15, 0.2) is 0 Å². The second kappa shape index (κ2) is 10.6. The lowest BCUT2D eigenvalue weighted by atomic mass is 10.0. The van der Waals surface area contributed by atoms with E-state index in [4.69, 9.17) is 0 Å². The van der Waals surface area contributed by atoms with Crippen molar-refractivity contribution >= 4 is 23.2 Å². The van der Waals surface area contributed by atoms with E-state index >= 15 is 0 Å². The lowest BCUT2D eigenvalue weighted by molar-refractivity contribution is -0.118. The van der Waals surface area contributed by atoms with Gasteiger partial charge in [-0.1, -0.05) is 38.5 Å². The first-order valence-electron chi connectivity index (χ1n) is 11.5. The third kappa shape index (κ3) is 5.88. The smallest absolute Gasteiger partial charge is 0.251 e. The predicted octanol–water partition coefficient (Wildman–Crippen LogP) is 3.84. The average Bonchev–Trinajstić information content (AvgIpc) is 2.78. The van der Waals surface area contributed by atoms with Gasteiger partial charge in [-0.15, -0.1) is 0 Å². The Bertz CT molecular complexity index is 949. The summed E-state index contributed by atoms with van der Waals surface area (Å²) in [6.45, 7) is 15.3. The molecule has 1 aliphatic heterocycles. The van der Waals surface area contributed by atoms with E-state index in [1.807, 2.05) is 52.0 Å². The highest BCUT2D eigenvalue weighted by Gasteiger charge is 2.25. The number of carbonyl (C=O) groups excluding carboxylic acids is 2. The molecule has 32 heavy (non-hydrogen) atoms. The van der Waals surface area contributed by atoms with Gasteiger partial charge in [-0.3, -0.25) is 9.59 Å². The molecule has 1 aliphatic rings. The molecule has 0 spiro atoms. The summed E-state index contributed by atoms with van der Waals surface area (Å²) in [5.41, 5.74) is 4.55. The van der Waals surface area contributed by atoms with Crippen LogP contribution in [0.3, 0.4) is 0 Å². The van der Waals surface area contributed by atoms with Crippen molar-refractivity contribution in [2.24, 2.45) is 5.92 Å². The van der Waals surface area contributed by atoms with Crippen molar-refractivity contribution in [2.45, 2.75) is 40.7 Å². The van der Waals surface area contributed by atoms with E-state index in [0.29, 0.717) is 5.56 Å². The highest BCUT2D eigenvalue weighted by Crippen LogP contribution is 2.24. The van der Waals surface area contributed by atoms with Crippen LogP contribution in [0.25, 0.3) is 0 Å². The Labute approximate surface area is 192 Å². The molecule has 2 aromatic carbocycles. The number of hydrogen-bond donors (Lipinski definition) is 2. The van der Waals surface area contributed by atoms with Gasteiger partial charge in [0.2, 0.25) is 5.91 Å². The molecular formula is C26H36N4O2. The van der Waals surface area contributed by atoms with Gasteiger partial charge in [-0.25, -0.2) is 0 Å². The van der Waals surface area contributed by atoms with E-state index in [1.54, 1.807) is 6.07 Å². The molecule has 1 saturated heterocycles. The minimum Gasteiger partial charge on any atom is -0.369 e. The van der Waals surface area contributed by atoms with Crippen LogP contribution in [0.5, 0.6) is 0 Å². The molecule has 2 N–H and O–H groups in total. The third-order valence-corrected chi connectivity index (χ3v) is 6.17. The second-order valence-electron chi connectivity index (χ2n) is 8.97. The first-order valence-corrected chi connectivity index (χ1v) is 11.5. The Balaban J connectivity index is 1.66. The van der Waals surface area contributed by atoms with E-state index in [2.05, 4.69) is 39.5 Å². The molecular weight excluding hydrogens is 400 g/mol. The van der Waals surface area contributed by atoms with Crippen LogP contribution in [0.1, 0.15) is 42.3 Å². The van der Waals surface area contributed by atoms with Crippen LogP contribution in [-0.2, 0) is 4.79 Å². The van der Waals surface area contributed by atoms with Crippen molar-refractivity contribution in [1.82, 2.24) is 10.2 Å². The molecule has 172 valence electrons. The molecule has 0 saturated carbocycles. The van der Waals surface area contributed by atoms with Crippen molar-refractivity contribution in [3.8, 4) is 0 Å². The molecule has 0 aromatic heterocycles. The topological polar surface area (TPSA) is 64.7 Å². The number of anilines is 2. The molecule has 1 unspecified atom stereocenters. The summed E-state index contributed by atoms with van der Waals surface area (Å²) in [6.07, 6.45) is 0. The number of rotatable bonds is 7. The van der Waals surface area contributed by atoms with Gasteiger partial charge in [0, 0.05) is 43.1 Å². The molecule has 0 aliphatic carbocycles. The maximum Gasteiger partial charge on any atom is 0.251 e. The van der Waals surface area contributed by atoms with Crippen LogP contribution < -0.4 is 15.5 Å². The maximum absolute atomic E-state index is 13.1. The van der Waals surface area contributed by atoms with Crippen LogP contribution in [0.15, 0.2) is 42.5 Å². The van der Waals surface area contributed by atoms with Crippen molar-refractivity contribution < 1.29 is 9.59 Å². The zero-order chi connectivity index (χ0) is 23.3. The zero-order valence-corrected chi connectivity index (χ0v) is 19.9. The first-order chi connectivity index (χ1) is 15.3. The fraction of sp³-hybridized carbons (Fsp3) is 0.462. The largest absolute Gasteiger partial charge is 0.369 e. The second-order valence-corrected chi connectivity index (χ2v) is 8.97. The number of likely N-dealkylation sites (N-methyl/N-ethyl adjacent to an activating group) is 1. The molecule has 2 amide bonds. The van der Waals surface area contributed by atoms with Gasteiger partial charge >= 0.3 is 0 Å². The molecule has 6 heteroatoms. The molecule has 1 heterocycles. The van der Waals surface area contributed by atoms with Crippen LogP contribution >= 0.6 is 0 Å². The summed E-state index contributed by atoms with van der Waals surface area (Å²) in [6, 6.07) is 12.9. The van der Waals surface area contributed by atoms with Crippen LogP contribution in [-0.4, -0.2) is 55.5 Å². The molecule has 1 atom stereocenters. The average molecular weight is 437 g/mol. The fourth-order valence-corrected chi connectivity index (χ4v) is 4.06. The number of carbonyl (C=O) groups is 2. The highest BCUT2D eigenvalue weighted by molar-refractivity contribution is 6.01. The first kappa shape index (κ1) is 23.8. The number of aryl methyl sites for hydroxylation is 2. The maximum atomic E-state index is 13.1. The fourth-order valence-electron chi connectivity index (χ4n) is 4.06. The molecule has 1 fully saturated rings. The number of benzene rings is 2. The Kier molecular flexibility index (Phi) is 7.91. The summed E-state index contributed by atoms with van der Waals surface area (Å²) in [5.74, 6) is -0.479. The summed E-state index contributed by atoms with van der Waals surface area (Å²) >= 11 is 0. The highest BCUT2D eigenvalue weighted by atomic mass is 16.2. The van der Waals surface area contributed by atoms with E-state index in [-0.39, 0.29) is 17.7 Å². The van der Waals surface area contributed by atoms with Crippen molar-refractivity contribution in [1.29, 1.82) is 0 Å². The Morgan fingerprint density at radius 2 is 1.72 bits per heavy atom. The summed E-state index contributed by atoms with van der Waals surface area (Å²) < 4.78 is 0. The van der Waals surface area contributed by atoms with Gasteiger partial charge in [0.1, 0.15) is 6.04 Å². The molecule has 2 aromatic rings. The normalized spacial score (nSPS) is 15.5. The van der Waals surface area contributed by atoms with Gasteiger partial charge in [-0.05, 0) is 62.2 Å². The van der Waals surface area contributed by atoms with Gasteiger partial charge in [-0.2, -0.15) is 0 Å². The van der Waals surface area contributed by atoms with Gasteiger partial charge < -0.3 is 20.4 Å². The summed E-state index contributed by atoms with van der Waals surface area (Å²) in [7, 11) is 0. The zero-order valence-electron chi connectivity index (χ0n) is 19.9. The summed E-state index contributed by atoms with van der Waals surface area (Å²) in [4.78, 5) is 30.6. The van der Waals surface area contributed by atoms with E-state index in [9.17, 15) is 9.59 Å².